The summed E-state index contributed by atoms with van der Waals surface area (Å²) in [5.41, 5.74) is 4.38. The molecule has 1 amide bonds. The number of carbonyl (C=O) groups is 1. The van der Waals surface area contributed by atoms with E-state index in [2.05, 4.69) is 53.5 Å². The van der Waals surface area contributed by atoms with Crippen molar-refractivity contribution in [3.05, 3.63) is 83.2 Å². The summed E-state index contributed by atoms with van der Waals surface area (Å²) in [5, 5.41) is 6.13. The summed E-state index contributed by atoms with van der Waals surface area (Å²) in [6.45, 7) is 9.05. The van der Waals surface area contributed by atoms with Gasteiger partial charge in [-0.2, -0.15) is 0 Å². The first-order valence-corrected chi connectivity index (χ1v) is 9.87. The van der Waals surface area contributed by atoms with Gasteiger partial charge in [0.1, 0.15) is 5.69 Å². The lowest BCUT2D eigenvalue weighted by molar-refractivity contribution is 0.102. The van der Waals surface area contributed by atoms with Crippen LogP contribution in [0.4, 0.5) is 11.6 Å². The summed E-state index contributed by atoms with van der Waals surface area (Å²) in [5.74, 6) is 0.222. The van der Waals surface area contributed by atoms with Gasteiger partial charge in [0.05, 0.1) is 0 Å². The zero-order valence-corrected chi connectivity index (χ0v) is 17.5. The lowest BCUT2D eigenvalue weighted by atomic mass is 9.87. The number of aryl methyl sites for hydroxylation is 1. The van der Waals surface area contributed by atoms with Crippen molar-refractivity contribution < 1.29 is 4.79 Å². The monoisotopic (exact) mass is 388 g/mol. The molecule has 0 saturated carbocycles. The molecule has 0 radical (unpaired) electrons. The van der Waals surface area contributed by atoms with Crippen LogP contribution in [0.15, 0.2) is 60.7 Å². The molecule has 1 aromatic heterocycles. The summed E-state index contributed by atoms with van der Waals surface area (Å²) in [4.78, 5) is 21.4. The molecule has 3 aromatic rings. The molecule has 5 nitrogen and oxygen atoms in total. The number of carbonyl (C=O) groups excluding carboxylic acids is 1. The standard InChI is InChI=1S/C24H28N4O/c1-17-16-21(22(29)27-20-12-10-19(11-13-20)24(2,3)4)28-23(26-17)25-15-14-18-8-6-5-7-9-18/h5-13,16H,14-15H2,1-4H3,(H,27,29)(H,25,26,28). The van der Waals surface area contributed by atoms with Crippen LogP contribution in [0.5, 0.6) is 0 Å². The number of anilines is 2. The van der Waals surface area contributed by atoms with Crippen LogP contribution >= 0.6 is 0 Å². The van der Waals surface area contributed by atoms with Gasteiger partial charge in [0.2, 0.25) is 5.95 Å². The molecule has 1 heterocycles. The summed E-state index contributed by atoms with van der Waals surface area (Å²) < 4.78 is 0. The van der Waals surface area contributed by atoms with E-state index in [-0.39, 0.29) is 11.3 Å². The van der Waals surface area contributed by atoms with E-state index >= 15 is 0 Å². The molecule has 0 spiro atoms. The molecule has 29 heavy (non-hydrogen) atoms. The van der Waals surface area contributed by atoms with E-state index in [4.69, 9.17) is 0 Å². The van der Waals surface area contributed by atoms with Crippen LogP contribution in [0.3, 0.4) is 0 Å². The molecule has 0 bridgehead atoms. The Bertz CT molecular complexity index is 960. The van der Waals surface area contributed by atoms with Crippen LogP contribution in [0.25, 0.3) is 0 Å². The van der Waals surface area contributed by atoms with Gasteiger partial charge in [-0.25, -0.2) is 9.97 Å². The third-order valence-corrected chi connectivity index (χ3v) is 4.64. The van der Waals surface area contributed by atoms with E-state index in [1.54, 1.807) is 6.07 Å². The van der Waals surface area contributed by atoms with Crippen molar-refractivity contribution in [3.63, 3.8) is 0 Å². The summed E-state index contributed by atoms with van der Waals surface area (Å²) in [6, 6.07) is 19.8. The number of benzene rings is 2. The Morgan fingerprint density at radius 1 is 0.966 bits per heavy atom. The molecular formula is C24H28N4O. The normalized spacial score (nSPS) is 11.2. The van der Waals surface area contributed by atoms with E-state index in [9.17, 15) is 4.79 Å². The molecule has 2 N–H and O–H groups in total. The molecular weight excluding hydrogens is 360 g/mol. The Morgan fingerprint density at radius 3 is 2.31 bits per heavy atom. The lowest BCUT2D eigenvalue weighted by Gasteiger charge is -2.19. The number of amides is 1. The van der Waals surface area contributed by atoms with E-state index in [1.807, 2.05) is 49.4 Å². The molecule has 0 saturated heterocycles. The highest BCUT2D eigenvalue weighted by Crippen LogP contribution is 2.23. The van der Waals surface area contributed by atoms with Crippen LogP contribution in [0.2, 0.25) is 0 Å². The highest BCUT2D eigenvalue weighted by molar-refractivity contribution is 6.03. The molecule has 0 aliphatic heterocycles. The third kappa shape index (κ3) is 5.88. The maximum Gasteiger partial charge on any atom is 0.274 e. The van der Waals surface area contributed by atoms with Gasteiger partial charge in [-0.05, 0) is 48.1 Å². The highest BCUT2D eigenvalue weighted by atomic mass is 16.1. The first kappa shape index (κ1) is 20.5. The Balaban J connectivity index is 1.64. The first-order valence-electron chi connectivity index (χ1n) is 9.87. The van der Waals surface area contributed by atoms with Crippen molar-refractivity contribution in [1.29, 1.82) is 0 Å². The second-order valence-electron chi connectivity index (χ2n) is 8.16. The van der Waals surface area contributed by atoms with Crippen molar-refractivity contribution in [2.75, 3.05) is 17.2 Å². The minimum Gasteiger partial charge on any atom is -0.354 e. The quantitative estimate of drug-likeness (QED) is 0.624. The predicted octanol–water partition coefficient (Wildman–Crippen LogP) is 4.99. The molecule has 2 aromatic carbocycles. The van der Waals surface area contributed by atoms with Crippen molar-refractivity contribution in [2.24, 2.45) is 0 Å². The van der Waals surface area contributed by atoms with Crippen molar-refractivity contribution in [1.82, 2.24) is 9.97 Å². The van der Waals surface area contributed by atoms with Crippen molar-refractivity contribution in [3.8, 4) is 0 Å². The minimum absolute atomic E-state index is 0.0760. The van der Waals surface area contributed by atoms with Crippen LogP contribution in [0.1, 0.15) is 48.1 Å². The molecule has 0 atom stereocenters. The zero-order valence-electron chi connectivity index (χ0n) is 17.5. The molecule has 5 heteroatoms. The van der Waals surface area contributed by atoms with Gasteiger partial charge in [-0.15, -0.1) is 0 Å². The molecule has 0 aliphatic rings. The van der Waals surface area contributed by atoms with E-state index in [0.29, 0.717) is 18.2 Å². The zero-order chi connectivity index (χ0) is 20.9. The second-order valence-corrected chi connectivity index (χ2v) is 8.16. The molecule has 3 rings (SSSR count). The number of aromatic nitrogens is 2. The summed E-state index contributed by atoms with van der Waals surface area (Å²) in [7, 11) is 0. The fourth-order valence-electron chi connectivity index (χ4n) is 2.98. The van der Waals surface area contributed by atoms with Gasteiger partial charge in [-0.1, -0.05) is 63.2 Å². The highest BCUT2D eigenvalue weighted by Gasteiger charge is 2.14. The van der Waals surface area contributed by atoms with Crippen LogP contribution < -0.4 is 10.6 Å². The Morgan fingerprint density at radius 2 is 1.66 bits per heavy atom. The van der Waals surface area contributed by atoms with Crippen LogP contribution in [-0.4, -0.2) is 22.4 Å². The first-order chi connectivity index (χ1) is 13.8. The van der Waals surface area contributed by atoms with Crippen molar-refractivity contribution >= 4 is 17.5 Å². The van der Waals surface area contributed by atoms with Crippen LogP contribution in [-0.2, 0) is 11.8 Å². The van der Waals surface area contributed by atoms with Gasteiger partial charge in [0, 0.05) is 17.9 Å². The average molecular weight is 389 g/mol. The van der Waals surface area contributed by atoms with Gasteiger partial charge in [-0.3, -0.25) is 4.79 Å². The number of hydrogen-bond donors (Lipinski definition) is 2. The van der Waals surface area contributed by atoms with E-state index < -0.39 is 0 Å². The summed E-state index contributed by atoms with van der Waals surface area (Å²) in [6.07, 6.45) is 0.861. The number of rotatable bonds is 6. The second kappa shape index (κ2) is 8.86. The lowest BCUT2D eigenvalue weighted by Crippen LogP contribution is -2.17. The van der Waals surface area contributed by atoms with E-state index in [0.717, 1.165) is 17.8 Å². The number of nitrogens with zero attached hydrogens (tertiary/aromatic N) is 2. The minimum atomic E-state index is -0.245. The fraction of sp³-hybridized carbons (Fsp3) is 0.292. The van der Waals surface area contributed by atoms with Gasteiger partial charge in [0.25, 0.3) is 5.91 Å². The summed E-state index contributed by atoms with van der Waals surface area (Å²) >= 11 is 0. The third-order valence-electron chi connectivity index (χ3n) is 4.64. The van der Waals surface area contributed by atoms with Crippen molar-refractivity contribution in [2.45, 2.75) is 39.5 Å². The topological polar surface area (TPSA) is 66.9 Å². The maximum atomic E-state index is 12.7. The Labute approximate surface area is 172 Å². The van der Waals surface area contributed by atoms with Gasteiger partial charge >= 0.3 is 0 Å². The molecule has 0 unspecified atom stereocenters. The number of hydrogen-bond acceptors (Lipinski definition) is 4. The predicted molar refractivity (Wildman–Crippen MR) is 118 cm³/mol. The van der Waals surface area contributed by atoms with Crippen LogP contribution in [0, 0.1) is 6.92 Å². The smallest absolute Gasteiger partial charge is 0.274 e. The Kier molecular flexibility index (Phi) is 6.27. The average Bonchev–Trinajstić information content (AvgIpc) is 2.68. The fourth-order valence-corrected chi connectivity index (χ4v) is 2.98. The molecule has 0 aliphatic carbocycles. The molecule has 0 fully saturated rings. The maximum absolute atomic E-state index is 12.7. The van der Waals surface area contributed by atoms with E-state index in [1.165, 1.54) is 11.1 Å². The largest absolute Gasteiger partial charge is 0.354 e. The van der Waals surface area contributed by atoms with Gasteiger partial charge < -0.3 is 10.6 Å². The number of nitrogens with one attached hydrogen (secondary N) is 2. The van der Waals surface area contributed by atoms with Gasteiger partial charge in [0.15, 0.2) is 0 Å². The molecule has 150 valence electrons. The SMILES string of the molecule is Cc1cc(C(=O)Nc2ccc(C(C)(C)C)cc2)nc(NCCc2ccccc2)n1. The Hall–Kier alpha value is -3.21.